The molecule has 0 radical (unpaired) electrons. The summed E-state index contributed by atoms with van der Waals surface area (Å²) in [5.41, 5.74) is 9.27. The highest BCUT2D eigenvalue weighted by Gasteiger charge is 2.24. The van der Waals surface area contributed by atoms with Gasteiger partial charge in [-0.15, -0.1) is 0 Å². The van der Waals surface area contributed by atoms with Gasteiger partial charge in [0.2, 0.25) is 0 Å². The van der Waals surface area contributed by atoms with Gasteiger partial charge in [0.05, 0.1) is 5.69 Å². The molecule has 1 aliphatic rings. The Morgan fingerprint density at radius 3 is 2.76 bits per heavy atom. The number of aryl methyl sites for hydroxylation is 1. The summed E-state index contributed by atoms with van der Waals surface area (Å²) in [5, 5.41) is 0. The third-order valence-electron chi connectivity index (χ3n) is 4.06. The number of rotatable bonds is 4. The van der Waals surface area contributed by atoms with Gasteiger partial charge >= 0.3 is 0 Å². The van der Waals surface area contributed by atoms with Gasteiger partial charge in [-0.3, -0.25) is 4.90 Å². The number of nitrogens with zero attached hydrogens (tertiary/aromatic N) is 1. The largest absolute Gasteiger partial charge is 0.487 e. The first-order valence-electron chi connectivity index (χ1n) is 7.50. The van der Waals surface area contributed by atoms with Crippen molar-refractivity contribution in [3.8, 4) is 5.75 Å². The van der Waals surface area contributed by atoms with Crippen LogP contribution in [0.3, 0.4) is 0 Å². The number of nitrogens with two attached hydrogens (primary N) is 1. The molecule has 110 valence electrons. The van der Waals surface area contributed by atoms with Crippen LogP contribution in [0.5, 0.6) is 5.75 Å². The molecule has 2 N–H and O–H groups in total. The second kappa shape index (κ2) is 6.19. The molecule has 3 nitrogen and oxygen atoms in total. The fourth-order valence-corrected chi connectivity index (χ4v) is 2.81. The number of anilines is 1. The number of benzene rings is 2. The summed E-state index contributed by atoms with van der Waals surface area (Å²) < 4.78 is 6.09. The van der Waals surface area contributed by atoms with Crippen LogP contribution in [0.15, 0.2) is 48.5 Å². The molecule has 2 aromatic carbocycles. The molecule has 0 spiro atoms. The van der Waals surface area contributed by atoms with E-state index in [2.05, 4.69) is 35.2 Å². The highest BCUT2D eigenvalue weighted by molar-refractivity contribution is 5.57. The van der Waals surface area contributed by atoms with E-state index < -0.39 is 0 Å². The quantitative estimate of drug-likeness (QED) is 0.875. The van der Waals surface area contributed by atoms with Crippen LogP contribution in [0.2, 0.25) is 0 Å². The van der Waals surface area contributed by atoms with Gasteiger partial charge in [-0.05, 0) is 30.5 Å². The number of para-hydroxylation sites is 1. The molecule has 0 aromatic heterocycles. The Labute approximate surface area is 126 Å². The van der Waals surface area contributed by atoms with Crippen molar-refractivity contribution in [3.63, 3.8) is 0 Å². The molecular formula is C18H22N2O. The number of hydrogen-bond acceptors (Lipinski definition) is 3. The maximum atomic E-state index is 6.09. The Morgan fingerprint density at radius 2 is 1.95 bits per heavy atom. The van der Waals surface area contributed by atoms with E-state index in [1.165, 1.54) is 5.56 Å². The fourth-order valence-electron chi connectivity index (χ4n) is 2.81. The van der Waals surface area contributed by atoms with Crippen molar-refractivity contribution >= 4 is 5.69 Å². The van der Waals surface area contributed by atoms with Gasteiger partial charge in [-0.2, -0.15) is 0 Å². The zero-order valence-electron chi connectivity index (χ0n) is 12.5. The fraction of sp³-hybridized carbons (Fsp3) is 0.333. The lowest BCUT2D eigenvalue weighted by Crippen LogP contribution is -2.24. The van der Waals surface area contributed by atoms with Crippen molar-refractivity contribution in [1.29, 1.82) is 0 Å². The van der Waals surface area contributed by atoms with Gasteiger partial charge in [-0.1, -0.05) is 42.5 Å². The smallest absolute Gasteiger partial charge is 0.142 e. The predicted octanol–water partition coefficient (Wildman–Crippen LogP) is 3.23. The Bertz CT molecular complexity index is 597. The van der Waals surface area contributed by atoms with Crippen LogP contribution in [0.4, 0.5) is 5.69 Å². The first-order chi connectivity index (χ1) is 10.2. The average molecular weight is 282 g/mol. The molecule has 0 aliphatic carbocycles. The number of likely N-dealkylation sites (tertiary alicyclic amines) is 1. The molecule has 0 amide bonds. The Balaban J connectivity index is 1.59. The van der Waals surface area contributed by atoms with Gasteiger partial charge in [0.15, 0.2) is 0 Å². The van der Waals surface area contributed by atoms with E-state index in [0.29, 0.717) is 0 Å². The van der Waals surface area contributed by atoms with Crippen LogP contribution in [-0.4, -0.2) is 24.1 Å². The summed E-state index contributed by atoms with van der Waals surface area (Å²) in [6.45, 7) is 5.04. The van der Waals surface area contributed by atoms with Gasteiger partial charge in [-0.25, -0.2) is 0 Å². The standard InChI is InChI=1S/C18H22N2O/c1-14-6-5-9-17(18(14)19)21-16-10-11-20(13-16)12-15-7-3-2-4-8-15/h2-9,16H,10-13,19H2,1H3. The van der Waals surface area contributed by atoms with Crippen molar-refractivity contribution < 1.29 is 4.74 Å². The number of nitrogen functional groups attached to an aromatic ring is 1. The molecule has 1 fully saturated rings. The third-order valence-corrected chi connectivity index (χ3v) is 4.06. The molecule has 1 aliphatic heterocycles. The highest BCUT2D eigenvalue weighted by atomic mass is 16.5. The highest BCUT2D eigenvalue weighted by Crippen LogP contribution is 2.27. The second-order valence-electron chi connectivity index (χ2n) is 5.74. The molecule has 1 saturated heterocycles. The van der Waals surface area contributed by atoms with Crippen LogP contribution in [0.1, 0.15) is 17.5 Å². The average Bonchev–Trinajstić information content (AvgIpc) is 2.92. The van der Waals surface area contributed by atoms with Gasteiger partial charge < -0.3 is 10.5 Å². The zero-order chi connectivity index (χ0) is 14.7. The Morgan fingerprint density at radius 1 is 1.14 bits per heavy atom. The van der Waals surface area contributed by atoms with E-state index in [1.807, 2.05) is 25.1 Å². The molecule has 0 saturated carbocycles. The summed E-state index contributed by atoms with van der Waals surface area (Å²) in [6.07, 6.45) is 1.29. The molecule has 1 unspecified atom stereocenters. The van der Waals surface area contributed by atoms with Crippen molar-refractivity contribution in [3.05, 3.63) is 59.7 Å². The molecule has 3 rings (SSSR count). The lowest BCUT2D eigenvalue weighted by atomic mass is 10.2. The van der Waals surface area contributed by atoms with Crippen molar-refractivity contribution in [2.45, 2.75) is 26.0 Å². The van der Waals surface area contributed by atoms with E-state index in [9.17, 15) is 0 Å². The number of hydrogen-bond donors (Lipinski definition) is 1. The minimum absolute atomic E-state index is 0.234. The molecular weight excluding hydrogens is 260 g/mol. The van der Waals surface area contributed by atoms with Crippen LogP contribution in [0, 0.1) is 6.92 Å². The third kappa shape index (κ3) is 3.37. The maximum Gasteiger partial charge on any atom is 0.142 e. The van der Waals surface area contributed by atoms with Gasteiger partial charge in [0, 0.05) is 19.6 Å². The summed E-state index contributed by atoms with van der Waals surface area (Å²) in [7, 11) is 0. The van der Waals surface area contributed by atoms with Crippen molar-refractivity contribution in [1.82, 2.24) is 4.90 Å². The van der Waals surface area contributed by atoms with Crippen LogP contribution < -0.4 is 10.5 Å². The first-order valence-corrected chi connectivity index (χ1v) is 7.50. The minimum atomic E-state index is 0.234. The first kappa shape index (κ1) is 14.0. The normalized spacial score (nSPS) is 18.8. The lowest BCUT2D eigenvalue weighted by Gasteiger charge is -2.18. The minimum Gasteiger partial charge on any atom is -0.487 e. The summed E-state index contributed by atoms with van der Waals surface area (Å²) in [4.78, 5) is 2.44. The van der Waals surface area contributed by atoms with Crippen LogP contribution in [-0.2, 0) is 6.54 Å². The second-order valence-corrected chi connectivity index (χ2v) is 5.74. The van der Waals surface area contributed by atoms with E-state index in [4.69, 9.17) is 10.5 Å². The lowest BCUT2D eigenvalue weighted by molar-refractivity contribution is 0.199. The van der Waals surface area contributed by atoms with Crippen molar-refractivity contribution in [2.75, 3.05) is 18.8 Å². The maximum absolute atomic E-state index is 6.09. The van der Waals surface area contributed by atoms with E-state index >= 15 is 0 Å². The topological polar surface area (TPSA) is 38.5 Å². The van der Waals surface area contributed by atoms with Crippen LogP contribution in [0.25, 0.3) is 0 Å². The van der Waals surface area contributed by atoms with Crippen molar-refractivity contribution in [2.24, 2.45) is 0 Å². The van der Waals surface area contributed by atoms with E-state index in [-0.39, 0.29) is 6.10 Å². The Kier molecular flexibility index (Phi) is 4.11. The SMILES string of the molecule is Cc1cccc(OC2CCN(Cc3ccccc3)C2)c1N. The van der Waals surface area contributed by atoms with Gasteiger partial charge in [0.25, 0.3) is 0 Å². The zero-order valence-corrected chi connectivity index (χ0v) is 12.5. The molecule has 0 bridgehead atoms. The van der Waals surface area contributed by atoms with E-state index in [1.54, 1.807) is 0 Å². The number of ether oxygens (including phenoxy) is 1. The van der Waals surface area contributed by atoms with Crippen LogP contribution >= 0.6 is 0 Å². The summed E-state index contributed by atoms with van der Waals surface area (Å²) in [6, 6.07) is 16.6. The monoisotopic (exact) mass is 282 g/mol. The molecule has 21 heavy (non-hydrogen) atoms. The molecule has 3 heteroatoms. The predicted molar refractivity (Wildman–Crippen MR) is 86.3 cm³/mol. The summed E-state index contributed by atoms with van der Waals surface area (Å²) in [5.74, 6) is 0.821. The molecule has 1 atom stereocenters. The van der Waals surface area contributed by atoms with Gasteiger partial charge in [0.1, 0.15) is 11.9 Å². The molecule has 2 aromatic rings. The Hall–Kier alpha value is -2.00. The summed E-state index contributed by atoms with van der Waals surface area (Å²) >= 11 is 0. The van der Waals surface area contributed by atoms with E-state index in [0.717, 1.165) is 43.1 Å². The molecule has 1 heterocycles.